The van der Waals surface area contributed by atoms with Gasteiger partial charge in [0.05, 0.1) is 18.4 Å². The minimum absolute atomic E-state index is 0.0989. The van der Waals surface area contributed by atoms with E-state index >= 15 is 0 Å². The van der Waals surface area contributed by atoms with Crippen LogP contribution in [0.25, 0.3) is 0 Å². The molecule has 0 bridgehead atoms. The maximum atomic E-state index is 11.5. The number of aromatic nitrogens is 2. The van der Waals surface area contributed by atoms with Gasteiger partial charge in [-0.1, -0.05) is 6.07 Å². The SMILES string of the molecule is CNC(=O)c1cccc(NCc2cnccn2)c1. The molecule has 0 saturated carbocycles. The first-order chi connectivity index (χ1) is 8.79. The largest absolute Gasteiger partial charge is 0.379 e. The molecule has 1 aromatic heterocycles. The molecule has 0 saturated heterocycles. The van der Waals surface area contributed by atoms with Crippen molar-refractivity contribution in [3.05, 3.63) is 54.1 Å². The average Bonchev–Trinajstić information content (AvgIpc) is 2.45. The van der Waals surface area contributed by atoms with E-state index in [-0.39, 0.29) is 5.91 Å². The fourth-order valence-electron chi connectivity index (χ4n) is 1.53. The maximum absolute atomic E-state index is 11.5. The highest BCUT2D eigenvalue weighted by atomic mass is 16.1. The van der Waals surface area contributed by atoms with Crippen molar-refractivity contribution in [1.82, 2.24) is 15.3 Å². The molecule has 2 aromatic rings. The summed E-state index contributed by atoms with van der Waals surface area (Å²) < 4.78 is 0. The van der Waals surface area contributed by atoms with Crippen molar-refractivity contribution in [2.45, 2.75) is 6.54 Å². The van der Waals surface area contributed by atoms with Gasteiger partial charge >= 0.3 is 0 Å². The number of carbonyl (C=O) groups is 1. The Labute approximate surface area is 105 Å². The highest BCUT2D eigenvalue weighted by Crippen LogP contribution is 2.11. The van der Waals surface area contributed by atoms with Crippen LogP contribution in [0.3, 0.4) is 0 Å². The van der Waals surface area contributed by atoms with Gasteiger partial charge < -0.3 is 10.6 Å². The molecular weight excluding hydrogens is 228 g/mol. The molecule has 18 heavy (non-hydrogen) atoms. The first-order valence-corrected chi connectivity index (χ1v) is 5.60. The van der Waals surface area contributed by atoms with Gasteiger partial charge in [-0.05, 0) is 18.2 Å². The number of nitrogens with zero attached hydrogens (tertiary/aromatic N) is 2. The second-order valence-corrected chi connectivity index (χ2v) is 3.71. The van der Waals surface area contributed by atoms with Crippen LogP contribution in [-0.2, 0) is 6.54 Å². The Morgan fingerprint density at radius 3 is 2.94 bits per heavy atom. The predicted octanol–water partition coefficient (Wildman–Crippen LogP) is 1.45. The summed E-state index contributed by atoms with van der Waals surface area (Å²) >= 11 is 0. The second-order valence-electron chi connectivity index (χ2n) is 3.71. The van der Waals surface area contributed by atoms with Crippen LogP contribution in [0.5, 0.6) is 0 Å². The van der Waals surface area contributed by atoms with Crippen LogP contribution in [0.2, 0.25) is 0 Å². The van der Waals surface area contributed by atoms with Crippen LogP contribution in [-0.4, -0.2) is 22.9 Å². The molecule has 0 fully saturated rings. The third kappa shape index (κ3) is 3.04. The second kappa shape index (κ2) is 5.77. The molecule has 5 heteroatoms. The summed E-state index contributed by atoms with van der Waals surface area (Å²) in [5, 5.41) is 5.79. The molecule has 5 nitrogen and oxygen atoms in total. The van der Waals surface area contributed by atoms with Gasteiger partial charge in [0.2, 0.25) is 0 Å². The van der Waals surface area contributed by atoms with Crippen LogP contribution >= 0.6 is 0 Å². The van der Waals surface area contributed by atoms with Gasteiger partial charge in [-0.3, -0.25) is 14.8 Å². The van der Waals surface area contributed by atoms with Gasteiger partial charge in [0.1, 0.15) is 0 Å². The van der Waals surface area contributed by atoms with E-state index < -0.39 is 0 Å². The normalized spacial score (nSPS) is 9.83. The molecule has 2 N–H and O–H groups in total. The predicted molar refractivity (Wildman–Crippen MR) is 69.2 cm³/mol. The lowest BCUT2D eigenvalue weighted by molar-refractivity contribution is 0.0963. The van der Waals surface area contributed by atoms with Crippen molar-refractivity contribution in [2.24, 2.45) is 0 Å². The Morgan fingerprint density at radius 2 is 2.22 bits per heavy atom. The summed E-state index contributed by atoms with van der Waals surface area (Å²) in [4.78, 5) is 19.6. The third-order valence-electron chi connectivity index (χ3n) is 2.44. The molecule has 0 aliphatic rings. The lowest BCUT2D eigenvalue weighted by atomic mass is 10.2. The van der Waals surface area contributed by atoms with Crippen LogP contribution in [0.1, 0.15) is 16.1 Å². The topological polar surface area (TPSA) is 66.9 Å². The van der Waals surface area contributed by atoms with E-state index in [9.17, 15) is 4.79 Å². The van der Waals surface area contributed by atoms with Crippen molar-refractivity contribution < 1.29 is 4.79 Å². The molecule has 0 unspecified atom stereocenters. The highest BCUT2D eigenvalue weighted by Gasteiger charge is 2.03. The standard InChI is InChI=1S/C13H14N4O/c1-14-13(18)10-3-2-4-11(7-10)17-9-12-8-15-5-6-16-12/h2-8,17H,9H2,1H3,(H,14,18). The molecule has 0 atom stereocenters. The third-order valence-corrected chi connectivity index (χ3v) is 2.44. The van der Waals surface area contributed by atoms with Crippen molar-refractivity contribution in [2.75, 3.05) is 12.4 Å². The molecule has 1 amide bonds. The van der Waals surface area contributed by atoms with E-state index in [1.54, 1.807) is 37.8 Å². The first-order valence-electron chi connectivity index (χ1n) is 5.60. The molecule has 0 spiro atoms. The van der Waals surface area contributed by atoms with E-state index in [0.717, 1.165) is 11.4 Å². The summed E-state index contributed by atoms with van der Waals surface area (Å²) in [6.07, 6.45) is 4.99. The van der Waals surface area contributed by atoms with E-state index in [2.05, 4.69) is 20.6 Å². The van der Waals surface area contributed by atoms with Crippen molar-refractivity contribution >= 4 is 11.6 Å². The minimum Gasteiger partial charge on any atom is -0.379 e. The van der Waals surface area contributed by atoms with Crippen LogP contribution < -0.4 is 10.6 Å². The highest BCUT2D eigenvalue weighted by molar-refractivity contribution is 5.94. The van der Waals surface area contributed by atoms with E-state index in [1.165, 1.54) is 0 Å². The number of amides is 1. The molecule has 0 aliphatic heterocycles. The summed E-state index contributed by atoms with van der Waals surface area (Å²) in [6.45, 7) is 0.574. The smallest absolute Gasteiger partial charge is 0.251 e. The number of rotatable bonds is 4. The Hall–Kier alpha value is -2.43. The summed E-state index contributed by atoms with van der Waals surface area (Å²) in [5.41, 5.74) is 2.35. The van der Waals surface area contributed by atoms with Gasteiger partial charge in [-0.15, -0.1) is 0 Å². The average molecular weight is 242 g/mol. The van der Waals surface area contributed by atoms with Crippen LogP contribution in [0, 0.1) is 0 Å². The Balaban J connectivity index is 2.04. The van der Waals surface area contributed by atoms with Crippen molar-refractivity contribution in [1.29, 1.82) is 0 Å². The zero-order valence-electron chi connectivity index (χ0n) is 10.1. The first kappa shape index (κ1) is 12.0. The van der Waals surface area contributed by atoms with Gasteiger partial charge in [-0.25, -0.2) is 0 Å². The van der Waals surface area contributed by atoms with Gasteiger partial charge in [0, 0.05) is 30.7 Å². The van der Waals surface area contributed by atoms with E-state index in [4.69, 9.17) is 0 Å². The van der Waals surface area contributed by atoms with E-state index in [1.807, 2.05) is 12.1 Å². The van der Waals surface area contributed by atoms with Gasteiger partial charge in [0.25, 0.3) is 5.91 Å². The fourth-order valence-corrected chi connectivity index (χ4v) is 1.53. The van der Waals surface area contributed by atoms with Crippen LogP contribution in [0.15, 0.2) is 42.9 Å². The maximum Gasteiger partial charge on any atom is 0.251 e. The van der Waals surface area contributed by atoms with Crippen molar-refractivity contribution in [3.63, 3.8) is 0 Å². The number of anilines is 1. The summed E-state index contributed by atoms with van der Waals surface area (Å²) in [7, 11) is 1.61. The monoisotopic (exact) mass is 242 g/mol. The van der Waals surface area contributed by atoms with Gasteiger partial charge in [-0.2, -0.15) is 0 Å². The number of nitrogens with one attached hydrogen (secondary N) is 2. The zero-order valence-corrected chi connectivity index (χ0v) is 10.1. The molecule has 2 rings (SSSR count). The molecule has 0 aliphatic carbocycles. The quantitative estimate of drug-likeness (QED) is 0.851. The van der Waals surface area contributed by atoms with Gasteiger partial charge in [0.15, 0.2) is 0 Å². The Morgan fingerprint density at radius 1 is 1.33 bits per heavy atom. The lowest BCUT2D eigenvalue weighted by Gasteiger charge is -2.07. The molecule has 92 valence electrons. The minimum atomic E-state index is -0.0989. The Kier molecular flexibility index (Phi) is 3.86. The van der Waals surface area contributed by atoms with E-state index in [0.29, 0.717) is 12.1 Å². The molecule has 1 aromatic carbocycles. The molecule has 0 radical (unpaired) electrons. The van der Waals surface area contributed by atoms with Crippen LogP contribution in [0.4, 0.5) is 5.69 Å². The number of hydrogen-bond donors (Lipinski definition) is 2. The molecular formula is C13H14N4O. The lowest BCUT2D eigenvalue weighted by Crippen LogP contribution is -2.17. The number of benzene rings is 1. The summed E-state index contributed by atoms with van der Waals surface area (Å²) in [5.74, 6) is -0.0989. The zero-order chi connectivity index (χ0) is 12.8. The number of hydrogen-bond acceptors (Lipinski definition) is 4. The fraction of sp³-hybridized carbons (Fsp3) is 0.154. The van der Waals surface area contributed by atoms with Crippen molar-refractivity contribution in [3.8, 4) is 0 Å². The Bertz CT molecular complexity index is 528. The summed E-state index contributed by atoms with van der Waals surface area (Å²) in [6, 6.07) is 7.31. The number of carbonyl (C=O) groups excluding carboxylic acids is 1. The molecule has 1 heterocycles.